The molecule has 0 aromatic carbocycles. The molecule has 4 fully saturated rings. The molecular weight excluding hydrogens is 248 g/mol. The molecule has 4 aliphatic heterocycles. The molecule has 0 saturated carbocycles. The molecule has 0 unspecified atom stereocenters. The van der Waals surface area contributed by atoms with Gasteiger partial charge in [-0.15, -0.1) is 0 Å². The summed E-state index contributed by atoms with van der Waals surface area (Å²) >= 11 is 0. The van der Waals surface area contributed by atoms with Gasteiger partial charge in [-0.3, -0.25) is 0 Å². The quantitative estimate of drug-likeness (QED) is 0.617. The highest BCUT2D eigenvalue weighted by Crippen LogP contribution is 2.33. The Balaban J connectivity index is 0.000000131. The molecule has 20 heavy (non-hydrogen) atoms. The van der Waals surface area contributed by atoms with Crippen molar-refractivity contribution >= 4 is 0 Å². The van der Waals surface area contributed by atoms with E-state index in [1.54, 1.807) is 0 Å². The molecule has 0 bridgehead atoms. The van der Waals surface area contributed by atoms with Crippen LogP contribution < -0.4 is 16.0 Å². The van der Waals surface area contributed by atoms with Crippen LogP contribution in [0.2, 0.25) is 0 Å². The minimum Gasteiger partial charge on any atom is -0.317 e. The molecule has 0 radical (unpaired) electrons. The maximum absolute atomic E-state index is 3.38. The Morgan fingerprint density at radius 3 is 1.55 bits per heavy atom. The predicted octanol–water partition coefficient (Wildman–Crippen LogP) is 0.897. The van der Waals surface area contributed by atoms with Crippen LogP contribution in [0.3, 0.4) is 0 Å². The van der Waals surface area contributed by atoms with Gasteiger partial charge in [0, 0.05) is 38.1 Å². The van der Waals surface area contributed by atoms with E-state index in [0.717, 1.165) is 5.41 Å². The molecule has 0 aromatic heterocycles. The predicted molar refractivity (Wildman–Crippen MR) is 86.2 cm³/mol. The van der Waals surface area contributed by atoms with Crippen molar-refractivity contribution in [1.29, 1.82) is 0 Å². The number of nitrogens with zero attached hydrogens (tertiary/aromatic N) is 1. The Morgan fingerprint density at radius 1 is 0.750 bits per heavy atom. The Hall–Kier alpha value is -0.160. The fraction of sp³-hybridized carbons (Fsp3) is 1.00. The minimum absolute atomic E-state index is 0.703. The third-order valence-corrected chi connectivity index (χ3v) is 5.29. The van der Waals surface area contributed by atoms with Gasteiger partial charge in [-0.2, -0.15) is 0 Å². The minimum atomic E-state index is 0.703. The van der Waals surface area contributed by atoms with Gasteiger partial charge in [0.1, 0.15) is 0 Å². The molecule has 0 atom stereocenters. The van der Waals surface area contributed by atoms with Crippen molar-refractivity contribution in [2.45, 2.75) is 33.1 Å². The second-order valence-electron chi connectivity index (χ2n) is 6.94. The van der Waals surface area contributed by atoms with Crippen molar-refractivity contribution in [3.63, 3.8) is 0 Å². The van der Waals surface area contributed by atoms with Crippen LogP contribution in [0.15, 0.2) is 0 Å². The summed E-state index contributed by atoms with van der Waals surface area (Å²) in [6, 6.07) is 0. The number of rotatable bonds is 0. The summed E-state index contributed by atoms with van der Waals surface area (Å²) in [4.78, 5) is 2.43. The second kappa shape index (κ2) is 7.21. The number of hydrogen-bond acceptors (Lipinski definition) is 4. The van der Waals surface area contributed by atoms with Crippen LogP contribution in [0.4, 0.5) is 0 Å². The maximum Gasteiger partial charge on any atom is 0.00917 e. The van der Waals surface area contributed by atoms with Gasteiger partial charge in [-0.1, -0.05) is 13.8 Å². The number of likely N-dealkylation sites (tertiary alicyclic amines) is 1. The molecular formula is C16H34N4. The number of piperidine rings is 1. The molecule has 4 heteroatoms. The van der Waals surface area contributed by atoms with Gasteiger partial charge < -0.3 is 20.9 Å². The summed E-state index contributed by atoms with van der Waals surface area (Å²) in [5.41, 5.74) is 1.43. The first kappa shape index (κ1) is 16.2. The van der Waals surface area contributed by atoms with E-state index in [1.807, 2.05) is 13.8 Å². The Labute approximate surface area is 125 Å². The summed E-state index contributed by atoms with van der Waals surface area (Å²) in [5.74, 6) is 0. The Kier molecular flexibility index (Phi) is 5.84. The summed E-state index contributed by atoms with van der Waals surface area (Å²) in [5, 5.41) is 10.1. The molecule has 3 N–H and O–H groups in total. The van der Waals surface area contributed by atoms with E-state index in [-0.39, 0.29) is 0 Å². The van der Waals surface area contributed by atoms with E-state index in [0.29, 0.717) is 5.41 Å². The standard InChI is InChI=1S/2C7H14N2.C2H6/c1-9-3-2-7(6-9)4-8-5-7;1-3-8-4-2-7(1)5-9-6-7;1-2/h8H,2-6H2,1H3;8-9H,1-6H2;1-2H3. The van der Waals surface area contributed by atoms with Crippen LogP contribution >= 0.6 is 0 Å². The molecule has 118 valence electrons. The Morgan fingerprint density at radius 2 is 1.30 bits per heavy atom. The molecule has 4 rings (SSSR count). The molecule has 0 aromatic rings. The third-order valence-electron chi connectivity index (χ3n) is 5.29. The molecule has 0 aliphatic carbocycles. The van der Waals surface area contributed by atoms with E-state index >= 15 is 0 Å². The monoisotopic (exact) mass is 282 g/mol. The molecule has 2 spiro atoms. The topological polar surface area (TPSA) is 39.3 Å². The summed E-state index contributed by atoms with van der Waals surface area (Å²) in [6.07, 6.45) is 4.19. The van der Waals surface area contributed by atoms with Gasteiger partial charge in [-0.05, 0) is 51.4 Å². The van der Waals surface area contributed by atoms with Crippen LogP contribution in [0, 0.1) is 10.8 Å². The van der Waals surface area contributed by atoms with Gasteiger partial charge in [-0.25, -0.2) is 0 Å². The molecule has 4 aliphatic rings. The largest absolute Gasteiger partial charge is 0.317 e. The van der Waals surface area contributed by atoms with Crippen molar-refractivity contribution in [1.82, 2.24) is 20.9 Å². The van der Waals surface area contributed by atoms with Crippen molar-refractivity contribution in [3.05, 3.63) is 0 Å². The van der Waals surface area contributed by atoms with E-state index in [9.17, 15) is 0 Å². The number of hydrogen-bond donors (Lipinski definition) is 3. The highest BCUT2D eigenvalue weighted by atomic mass is 15.2. The lowest BCUT2D eigenvalue weighted by Crippen LogP contribution is -2.57. The van der Waals surface area contributed by atoms with Crippen LogP contribution in [-0.4, -0.2) is 64.3 Å². The van der Waals surface area contributed by atoms with Crippen LogP contribution in [-0.2, 0) is 0 Å². The normalized spacial score (nSPS) is 29.6. The zero-order chi connectivity index (χ0) is 14.5. The molecule has 0 amide bonds. The lowest BCUT2D eigenvalue weighted by atomic mass is 9.74. The maximum atomic E-state index is 3.38. The third kappa shape index (κ3) is 3.73. The van der Waals surface area contributed by atoms with Crippen LogP contribution in [0.1, 0.15) is 33.1 Å². The van der Waals surface area contributed by atoms with Gasteiger partial charge in [0.15, 0.2) is 0 Å². The summed E-state index contributed by atoms with van der Waals surface area (Å²) < 4.78 is 0. The average Bonchev–Trinajstić information content (AvgIpc) is 2.84. The van der Waals surface area contributed by atoms with Crippen molar-refractivity contribution < 1.29 is 0 Å². The van der Waals surface area contributed by atoms with E-state index in [2.05, 4.69) is 27.9 Å². The van der Waals surface area contributed by atoms with E-state index in [4.69, 9.17) is 0 Å². The highest BCUT2D eigenvalue weighted by molar-refractivity contribution is 4.98. The average molecular weight is 282 g/mol. The summed E-state index contributed by atoms with van der Waals surface area (Å²) in [6.45, 7) is 14.2. The lowest BCUT2D eigenvalue weighted by molar-refractivity contribution is 0.116. The van der Waals surface area contributed by atoms with Crippen molar-refractivity contribution in [2.75, 3.05) is 59.4 Å². The lowest BCUT2D eigenvalue weighted by Gasteiger charge is -2.45. The Bertz CT molecular complexity index is 263. The zero-order valence-corrected chi connectivity index (χ0v) is 13.7. The van der Waals surface area contributed by atoms with E-state index in [1.165, 1.54) is 71.6 Å². The van der Waals surface area contributed by atoms with Crippen LogP contribution in [0.5, 0.6) is 0 Å². The highest BCUT2D eigenvalue weighted by Gasteiger charge is 2.41. The SMILES string of the molecule is C1CC2(CCN1)CNC2.CC.CN1CCC2(CNC2)C1. The first-order valence-corrected chi connectivity index (χ1v) is 8.53. The second-order valence-corrected chi connectivity index (χ2v) is 6.94. The van der Waals surface area contributed by atoms with Gasteiger partial charge in [0.05, 0.1) is 0 Å². The zero-order valence-electron chi connectivity index (χ0n) is 13.7. The smallest absolute Gasteiger partial charge is 0.00917 e. The van der Waals surface area contributed by atoms with Crippen molar-refractivity contribution in [3.8, 4) is 0 Å². The van der Waals surface area contributed by atoms with Gasteiger partial charge in [0.2, 0.25) is 0 Å². The fourth-order valence-corrected chi connectivity index (χ4v) is 3.72. The van der Waals surface area contributed by atoms with Gasteiger partial charge in [0.25, 0.3) is 0 Å². The van der Waals surface area contributed by atoms with E-state index < -0.39 is 0 Å². The van der Waals surface area contributed by atoms with Gasteiger partial charge >= 0.3 is 0 Å². The summed E-state index contributed by atoms with van der Waals surface area (Å²) in [7, 11) is 2.22. The first-order chi connectivity index (χ1) is 9.72. The van der Waals surface area contributed by atoms with Crippen molar-refractivity contribution in [2.24, 2.45) is 10.8 Å². The molecule has 4 saturated heterocycles. The number of nitrogens with one attached hydrogen (secondary N) is 3. The molecule has 4 nitrogen and oxygen atoms in total. The fourth-order valence-electron chi connectivity index (χ4n) is 3.72. The van der Waals surface area contributed by atoms with Crippen LogP contribution in [0.25, 0.3) is 0 Å². The first-order valence-electron chi connectivity index (χ1n) is 8.53. The molecule has 4 heterocycles.